The summed E-state index contributed by atoms with van der Waals surface area (Å²) in [5.74, 6) is -1.04. The molecule has 13 heteroatoms. The summed E-state index contributed by atoms with van der Waals surface area (Å²) < 4.78 is 29.5. The average molecular weight is 488 g/mol. The van der Waals surface area contributed by atoms with Gasteiger partial charge >= 0.3 is 6.03 Å². The number of hydrazone groups is 1. The van der Waals surface area contributed by atoms with Gasteiger partial charge in [0.2, 0.25) is 5.95 Å². The number of piperazine rings is 1. The van der Waals surface area contributed by atoms with Crippen LogP contribution in [-0.4, -0.2) is 68.1 Å². The van der Waals surface area contributed by atoms with Crippen LogP contribution < -0.4 is 4.90 Å². The van der Waals surface area contributed by atoms with Gasteiger partial charge in [-0.25, -0.2) is 28.3 Å². The average Bonchev–Trinajstić information content (AvgIpc) is 3.58. The van der Waals surface area contributed by atoms with Crippen LogP contribution >= 0.6 is 0 Å². The predicted molar refractivity (Wildman–Crippen MR) is 122 cm³/mol. The topological polar surface area (TPSA) is 130 Å². The second kappa shape index (κ2) is 9.38. The molecule has 0 spiro atoms. The van der Waals surface area contributed by atoms with E-state index in [1.807, 2.05) is 17.0 Å². The Morgan fingerprint density at radius 2 is 1.81 bits per heavy atom. The standard InChI is InChI=1S/C23H18F2N10O/c24-18-8-15(10-26)7-17(9-18)20-1-2-29-35(20)23(36)33-5-3-32(4-6-33)22-28-13-19(25)21(31-22)34-14-16(11-27)12-30-34/h2,7-9,12-14,20H,1,3-6H2/t20-/m0/s1. The summed E-state index contributed by atoms with van der Waals surface area (Å²) in [7, 11) is 0. The first-order valence-electron chi connectivity index (χ1n) is 11.0. The normalized spacial score (nSPS) is 17.2. The smallest absolute Gasteiger partial charge is 0.337 e. The molecule has 2 aliphatic heterocycles. The van der Waals surface area contributed by atoms with Crippen LogP contribution in [0.25, 0.3) is 5.82 Å². The Kier molecular flexibility index (Phi) is 5.96. The molecule has 2 aliphatic rings. The third-order valence-corrected chi connectivity index (χ3v) is 5.93. The van der Waals surface area contributed by atoms with Crippen LogP contribution in [0.15, 0.2) is 41.9 Å². The van der Waals surface area contributed by atoms with Crippen molar-refractivity contribution in [2.45, 2.75) is 12.5 Å². The Morgan fingerprint density at radius 1 is 1.03 bits per heavy atom. The van der Waals surface area contributed by atoms with E-state index in [-0.39, 0.29) is 28.9 Å². The number of carbonyl (C=O) groups excluding carboxylic acids is 1. The molecule has 11 nitrogen and oxygen atoms in total. The van der Waals surface area contributed by atoms with E-state index in [4.69, 9.17) is 10.5 Å². The van der Waals surface area contributed by atoms with Gasteiger partial charge in [-0.05, 0) is 23.8 Å². The Bertz CT molecular complexity index is 1430. The van der Waals surface area contributed by atoms with Crippen molar-refractivity contribution in [1.29, 1.82) is 10.5 Å². The number of benzene rings is 1. The lowest BCUT2D eigenvalue weighted by Gasteiger charge is -2.37. The molecule has 0 bridgehead atoms. The van der Waals surface area contributed by atoms with Gasteiger partial charge in [-0.3, -0.25) is 0 Å². The van der Waals surface area contributed by atoms with Crippen molar-refractivity contribution >= 4 is 18.2 Å². The van der Waals surface area contributed by atoms with E-state index in [0.29, 0.717) is 38.2 Å². The van der Waals surface area contributed by atoms with Gasteiger partial charge in [0.15, 0.2) is 11.6 Å². The van der Waals surface area contributed by atoms with Crippen molar-refractivity contribution in [3.63, 3.8) is 0 Å². The Labute approximate surface area is 204 Å². The van der Waals surface area contributed by atoms with Gasteiger partial charge in [0.05, 0.1) is 41.8 Å². The molecule has 2 aromatic heterocycles. The number of hydrogen-bond acceptors (Lipinski definition) is 8. The molecule has 0 aliphatic carbocycles. The second-order valence-electron chi connectivity index (χ2n) is 8.16. The number of rotatable bonds is 3. The molecular formula is C23H18F2N10O. The molecule has 0 saturated carbocycles. The van der Waals surface area contributed by atoms with E-state index >= 15 is 0 Å². The third kappa shape index (κ3) is 4.30. The summed E-state index contributed by atoms with van der Waals surface area (Å²) in [6, 6.07) is 7.02. The van der Waals surface area contributed by atoms with Gasteiger partial charge in [-0.1, -0.05) is 0 Å². The number of anilines is 1. The van der Waals surface area contributed by atoms with Crippen LogP contribution in [0.2, 0.25) is 0 Å². The number of urea groups is 1. The largest absolute Gasteiger partial charge is 0.341 e. The zero-order valence-electron chi connectivity index (χ0n) is 18.8. The van der Waals surface area contributed by atoms with Crippen LogP contribution in [0.5, 0.6) is 0 Å². The molecule has 1 saturated heterocycles. The van der Waals surface area contributed by atoms with E-state index in [9.17, 15) is 13.6 Å². The van der Waals surface area contributed by atoms with Crippen LogP contribution in [-0.2, 0) is 0 Å². The number of halogens is 2. The summed E-state index contributed by atoms with van der Waals surface area (Å²) in [4.78, 5) is 25.0. The summed E-state index contributed by atoms with van der Waals surface area (Å²) in [5, 5.41) is 27.6. The van der Waals surface area contributed by atoms with Crippen LogP contribution in [0.4, 0.5) is 19.5 Å². The number of aromatic nitrogens is 4. The fraction of sp³-hybridized carbons (Fsp3) is 0.261. The van der Waals surface area contributed by atoms with Gasteiger partial charge in [-0.2, -0.15) is 25.7 Å². The van der Waals surface area contributed by atoms with Crippen LogP contribution in [0, 0.1) is 34.3 Å². The third-order valence-electron chi connectivity index (χ3n) is 5.93. The SMILES string of the molecule is N#Cc1cc(F)cc([C@@H]2CC=NN2C(=O)N2CCN(c3ncc(F)c(-n4cc(C#N)cn4)n3)CC2)c1. The lowest BCUT2D eigenvalue weighted by atomic mass is 10.0. The van der Waals surface area contributed by atoms with Gasteiger partial charge < -0.3 is 9.80 Å². The number of nitriles is 2. The summed E-state index contributed by atoms with van der Waals surface area (Å²) in [6.45, 7) is 1.45. The highest BCUT2D eigenvalue weighted by Crippen LogP contribution is 2.30. The molecule has 180 valence electrons. The number of carbonyl (C=O) groups is 1. The van der Waals surface area contributed by atoms with E-state index in [1.165, 1.54) is 28.2 Å². The molecule has 0 unspecified atom stereocenters. The van der Waals surface area contributed by atoms with Crippen molar-refractivity contribution in [3.05, 3.63) is 65.1 Å². The lowest BCUT2D eigenvalue weighted by molar-refractivity contribution is 0.139. The second-order valence-corrected chi connectivity index (χ2v) is 8.16. The first-order chi connectivity index (χ1) is 17.5. The zero-order chi connectivity index (χ0) is 25.2. The molecule has 1 fully saturated rings. The maximum atomic E-state index is 14.3. The zero-order valence-corrected chi connectivity index (χ0v) is 18.8. The van der Waals surface area contributed by atoms with Crippen molar-refractivity contribution in [2.75, 3.05) is 31.1 Å². The summed E-state index contributed by atoms with van der Waals surface area (Å²) in [5.41, 5.74) is 0.948. The number of amides is 2. The van der Waals surface area contributed by atoms with E-state index in [1.54, 1.807) is 17.2 Å². The highest BCUT2D eigenvalue weighted by Gasteiger charge is 2.34. The predicted octanol–water partition coefficient (Wildman–Crippen LogP) is 2.36. The minimum Gasteiger partial charge on any atom is -0.337 e. The van der Waals surface area contributed by atoms with Crippen LogP contribution in [0.3, 0.4) is 0 Å². The number of hydrogen-bond donors (Lipinski definition) is 0. The monoisotopic (exact) mass is 488 g/mol. The van der Waals surface area contributed by atoms with Crippen LogP contribution in [0.1, 0.15) is 29.2 Å². The first-order valence-corrected chi connectivity index (χ1v) is 11.0. The highest BCUT2D eigenvalue weighted by atomic mass is 19.1. The Hall–Kier alpha value is -4.91. The molecule has 3 aromatic rings. The molecular weight excluding hydrogens is 470 g/mol. The van der Waals surface area contributed by atoms with Gasteiger partial charge in [0, 0.05) is 38.8 Å². The van der Waals surface area contributed by atoms with E-state index in [0.717, 1.165) is 12.3 Å². The van der Waals surface area contributed by atoms with Gasteiger partial charge in [0.25, 0.3) is 0 Å². The molecule has 0 N–H and O–H groups in total. The van der Waals surface area contributed by atoms with Crippen molar-refractivity contribution in [1.82, 2.24) is 29.7 Å². The maximum Gasteiger partial charge on any atom is 0.341 e. The van der Waals surface area contributed by atoms with Crippen molar-refractivity contribution in [3.8, 4) is 18.0 Å². The first kappa shape index (κ1) is 22.9. The van der Waals surface area contributed by atoms with Gasteiger partial charge in [0.1, 0.15) is 11.9 Å². The fourth-order valence-corrected chi connectivity index (χ4v) is 4.15. The van der Waals surface area contributed by atoms with Crippen molar-refractivity contribution < 1.29 is 13.6 Å². The minimum absolute atomic E-state index is 0.0823. The van der Waals surface area contributed by atoms with E-state index < -0.39 is 17.7 Å². The molecule has 1 aromatic carbocycles. The molecule has 1 atom stereocenters. The molecule has 4 heterocycles. The fourth-order valence-electron chi connectivity index (χ4n) is 4.15. The Balaban J connectivity index is 1.28. The number of nitrogens with zero attached hydrogens (tertiary/aromatic N) is 10. The maximum absolute atomic E-state index is 14.3. The van der Waals surface area contributed by atoms with E-state index in [2.05, 4.69) is 20.2 Å². The molecule has 36 heavy (non-hydrogen) atoms. The minimum atomic E-state index is -0.685. The van der Waals surface area contributed by atoms with Crippen molar-refractivity contribution in [2.24, 2.45) is 5.10 Å². The molecule has 2 amide bonds. The van der Waals surface area contributed by atoms with Gasteiger partial charge in [-0.15, -0.1) is 0 Å². The Morgan fingerprint density at radius 3 is 2.53 bits per heavy atom. The summed E-state index contributed by atoms with van der Waals surface area (Å²) >= 11 is 0. The highest BCUT2D eigenvalue weighted by molar-refractivity contribution is 5.78. The summed E-state index contributed by atoms with van der Waals surface area (Å²) in [6.07, 6.45) is 5.73. The molecule has 5 rings (SSSR count). The quantitative estimate of drug-likeness (QED) is 0.553. The molecule has 0 radical (unpaired) electrons. The lowest BCUT2D eigenvalue weighted by Crippen LogP contribution is -2.52.